The maximum Gasteiger partial charge on any atom is 0.286 e. The molecule has 7 heteroatoms. The first-order valence-corrected chi connectivity index (χ1v) is 9.35. The molecular weight excluding hydrogens is 370 g/mol. The molecule has 0 bridgehead atoms. The van der Waals surface area contributed by atoms with E-state index in [1.807, 2.05) is 32.0 Å². The van der Waals surface area contributed by atoms with Gasteiger partial charge in [0, 0.05) is 24.0 Å². The minimum absolute atomic E-state index is 0.0977. The van der Waals surface area contributed by atoms with Crippen LogP contribution in [0.25, 0.3) is 11.0 Å². The summed E-state index contributed by atoms with van der Waals surface area (Å²) in [5.41, 5.74) is 9.11. The lowest BCUT2D eigenvalue weighted by molar-refractivity contribution is -0.122. The summed E-state index contributed by atoms with van der Waals surface area (Å²) in [7, 11) is 0. The Bertz CT molecular complexity index is 1150. The Hall–Kier alpha value is -3.61. The number of aryl methyl sites for hydroxylation is 2. The Kier molecular flexibility index (Phi) is 4.58. The molecule has 3 amide bonds. The quantitative estimate of drug-likeness (QED) is 0.713. The topological polar surface area (TPSA) is 106 Å². The first-order chi connectivity index (χ1) is 13.8. The number of nitrogens with one attached hydrogen (secondary N) is 1. The van der Waals surface area contributed by atoms with Gasteiger partial charge in [-0.3, -0.25) is 14.4 Å². The van der Waals surface area contributed by atoms with Crippen LogP contribution >= 0.6 is 0 Å². The van der Waals surface area contributed by atoms with Gasteiger partial charge in [-0.1, -0.05) is 18.2 Å². The third-order valence-electron chi connectivity index (χ3n) is 5.37. The molecule has 1 aromatic heterocycles. The van der Waals surface area contributed by atoms with Gasteiger partial charge in [-0.05, 0) is 49.2 Å². The molecule has 1 atom stereocenters. The number of nitrogens with two attached hydrogens (primary N) is 1. The molecule has 0 unspecified atom stereocenters. The lowest BCUT2D eigenvalue weighted by Gasteiger charge is -2.18. The molecular formula is C22H21N3O4. The third-order valence-corrected chi connectivity index (χ3v) is 5.37. The third kappa shape index (κ3) is 3.35. The number of fused-ring (bicyclic) bond motifs is 1. The summed E-state index contributed by atoms with van der Waals surface area (Å²) in [5.74, 6) is -1.87. The SMILES string of the molecule is Cc1ccc(N2C[C@H](C(=O)Nc3c(C(N)=O)oc4ccccc34)CC2=O)cc1C. The van der Waals surface area contributed by atoms with Crippen LogP contribution in [-0.4, -0.2) is 24.3 Å². The van der Waals surface area contributed by atoms with Gasteiger partial charge < -0.3 is 20.4 Å². The Labute approximate surface area is 167 Å². The summed E-state index contributed by atoms with van der Waals surface area (Å²) in [6.45, 7) is 4.26. The second kappa shape index (κ2) is 7.09. The van der Waals surface area contributed by atoms with E-state index in [2.05, 4.69) is 5.32 Å². The van der Waals surface area contributed by atoms with Crippen LogP contribution in [0, 0.1) is 19.8 Å². The Morgan fingerprint density at radius 2 is 1.90 bits per heavy atom. The molecule has 2 aromatic carbocycles. The van der Waals surface area contributed by atoms with Crippen molar-refractivity contribution < 1.29 is 18.8 Å². The van der Waals surface area contributed by atoms with Crippen molar-refractivity contribution in [1.82, 2.24) is 0 Å². The summed E-state index contributed by atoms with van der Waals surface area (Å²) in [4.78, 5) is 38.8. The zero-order valence-electron chi connectivity index (χ0n) is 16.2. The highest BCUT2D eigenvalue weighted by molar-refractivity contribution is 6.12. The van der Waals surface area contributed by atoms with E-state index in [4.69, 9.17) is 10.2 Å². The number of nitrogens with zero attached hydrogens (tertiary/aromatic N) is 1. The molecule has 4 rings (SSSR count). The van der Waals surface area contributed by atoms with Gasteiger partial charge in [0.15, 0.2) is 0 Å². The van der Waals surface area contributed by atoms with Gasteiger partial charge in [-0.25, -0.2) is 0 Å². The van der Waals surface area contributed by atoms with Crippen LogP contribution in [0.15, 0.2) is 46.9 Å². The molecule has 0 radical (unpaired) electrons. The van der Waals surface area contributed by atoms with Crippen molar-refractivity contribution in [3.63, 3.8) is 0 Å². The van der Waals surface area contributed by atoms with Crippen molar-refractivity contribution in [2.45, 2.75) is 20.3 Å². The molecule has 1 aliphatic rings. The zero-order chi connectivity index (χ0) is 20.7. The van der Waals surface area contributed by atoms with Gasteiger partial charge in [0.25, 0.3) is 5.91 Å². The van der Waals surface area contributed by atoms with Crippen LogP contribution in [0.4, 0.5) is 11.4 Å². The van der Waals surface area contributed by atoms with Crippen molar-refractivity contribution in [2.75, 3.05) is 16.8 Å². The average Bonchev–Trinajstić information content (AvgIpc) is 3.25. The highest BCUT2D eigenvalue weighted by Gasteiger charge is 2.36. The van der Waals surface area contributed by atoms with Gasteiger partial charge >= 0.3 is 0 Å². The largest absolute Gasteiger partial charge is 0.449 e. The summed E-state index contributed by atoms with van der Waals surface area (Å²) in [5, 5.41) is 3.35. The molecule has 0 aliphatic carbocycles. The van der Waals surface area contributed by atoms with E-state index in [-0.39, 0.29) is 36.2 Å². The number of carbonyl (C=O) groups is 3. The van der Waals surface area contributed by atoms with E-state index >= 15 is 0 Å². The molecule has 0 spiro atoms. The molecule has 3 N–H and O–H groups in total. The summed E-state index contributed by atoms with van der Waals surface area (Å²) in [6, 6.07) is 12.8. The molecule has 29 heavy (non-hydrogen) atoms. The maximum atomic E-state index is 12.9. The van der Waals surface area contributed by atoms with Gasteiger partial charge in [0.05, 0.1) is 5.92 Å². The van der Waals surface area contributed by atoms with Crippen molar-refractivity contribution in [3.05, 3.63) is 59.4 Å². The average molecular weight is 391 g/mol. The fourth-order valence-electron chi connectivity index (χ4n) is 3.59. The Morgan fingerprint density at radius 3 is 2.62 bits per heavy atom. The number of primary amides is 1. The monoisotopic (exact) mass is 391 g/mol. The number of anilines is 2. The van der Waals surface area contributed by atoms with Gasteiger partial charge in [-0.15, -0.1) is 0 Å². The summed E-state index contributed by atoms with van der Waals surface area (Å²) in [6.07, 6.45) is 0.0977. The molecule has 1 fully saturated rings. The minimum atomic E-state index is -0.768. The number of hydrogen-bond donors (Lipinski definition) is 2. The second-order valence-electron chi connectivity index (χ2n) is 7.33. The van der Waals surface area contributed by atoms with E-state index in [1.165, 1.54) is 0 Å². The normalized spacial score (nSPS) is 16.4. The van der Waals surface area contributed by atoms with Crippen molar-refractivity contribution in [3.8, 4) is 0 Å². The predicted molar refractivity (Wildman–Crippen MR) is 110 cm³/mol. The number of para-hydroxylation sites is 1. The van der Waals surface area contributed by atoms with E-state index < -0.39 is 11.8 Å². The number of hydrogen-bond acceptors (Lipinski definition) is 4. The second-order valence-corrected chi connectivity index (χ2v) is 7.33. The van der Waals surface area contributed by atoms with E-state index in [1.54, 1.807) is 29.2 Å². The molecule has 1 saturated heterocycles. The smallest absolute Gasteiger partial charge is 0.286 e. The molecule has 0 saturated carbocycles. The highest BCUT2D eigenvalue weighted by Crippen LogP contribution is 2.32. The number of amides is 3. The molecule has 148 valence electrons. The lowest BCUT2D eigenvalue weighted by Crippen LogP contribution is -2.28. The Morgan fingerprint density at radius 1 is 1.14 bits per heavy atom. The standard InChI is InChI=1S/C22H21N3O4/c1-12-7-8-15(9-13(12)2)25-11-14(10-18(25)26)22(28)24-19-16-5-3-4-6-17(16)29-20(19)21(23)27/h3-9,14H,10-11H2,1-2H3,(H2,23,27)(H,24,28)/t14-/m1/s1. The summed E-state index contributed by atoms with van der Waals surface area (Å²) < 4.78 is 5.49. The van der Waals surface area contributed by atoms with Gasteiger partial charge in [-0.2, -0.15) is 0 Å². The van der Waals surface area contributed by atoms with E-state index in [0.29, 0.717) is 11.0 Å². The number of furan rings is 1. The number of carbonyl (C=O) groups excluding carboxylic acids is 3. The predicted octanol–water partition coefficient (Wildman–Crippen LogP) is 3.14. The van der Waals surface area contributed by atoms with Crippen molar-refractivity contribution in [1.29, 1.82) is 0 Å². The van der Waals surface area contributed by atoms with Crippen LogP contribution in [0.1, 0.15) is 28.1 Å². The van der Waals surface area contributed by atoms with Crippen LogP contribution in [0.5, 0.6) is 0 Å². The van der Waals surface area contributed by atoms with Crippen molar-refractivity contribution in [2.24, 2.45) is 11.7 Å². The first-order valence-electron chi connectivity index (χ1n) is 9.35. The van der Waals surface area contributed by atoms with Crippen LogP contribution in [-0.2, 0) is 9.59 Å². The lowest BCUT2D eigenvalue weighted by atomic mass is 10.1. The van der Waals surface area contributed by atoms with Gasteiger partial charge in [0.1, 0.15) is 11.3 Å². The Balaban J connectivity index is 1.58. The van der Waals surface area contributed by atoms with Crippen LogP contribution in [0.3, 0.4) is 0 Å². The molecule has 3 aromatic rings. The van der Waals surface area contributed by atoms with Crippen LogP contribution < -0.4 is 16.0 Å². The highest BCUT2D eigenvalue weighted by atomic mass is 16.3. The first kappa shape index (κ1) is 18.7. The fraction of sp³-hybridized carbons (Fsp3) is 0.227. The van der Waals surface area contributed by atoms with Crippen LogP contribution in [0.2, 0.25) is 0 Å². The molecule has 7 nitrogen and oxygen atoms in total. The maximum absolute atomic E-state index is 12.9. The minimum Gasteiger partial charge on any atom is -0.449 e. The number of benzene rings is 2. The van der Waals surface area contributed by atoms with Crippen molar-refractivity contribution >= 4 is 40.1 Å². The zero-order valence-corrected chi connectivity index (χ0v) is 16.2. The van der Waals surface area contributed by atoms with Gasteiger partial charge in [0.2, 0.25) is 17.6 Å². The molecule has 1 aliphatic heterocycles. The number of rotatable bonds is 4. The fourth-order valence-corrected chi connectivity index (χ4v) is 3.59. The van der Waals surface area contributed by atoms with E-state index in [0.717, 1.165) is 16.8 Å². The molecule has 2 heterocycles. The van der Waals surface area contributed by atoms with E-state index in [9.17, 15) is 14.4 Å². The summed E-state index contributed by atoms with van der Waals surface area (Å²) >= 11 is 0.